The van der Waals surface area contributed by atoms with Crippen molar-refractivity contribution in [2.45, 2.75) is 315 Å². The number of aliphatic hydroxyl groups excluding tert-OH is 2. The number of allylic oxidation sites excluding steroid dienone is 6. The van der Waals surface area contributed by atoms with Gasteiger partial charge in [0.25, 0.3) is 0 Å². The largest absolute Gasteiger partial charge is 0.465 e. The van der Waals surface area contributed by atoms with Crippen molar-refractivity contribution in [3.05, 3.63) is 48.6 Å². The zero-order valence-corrected chi connectivity index (χ0v) is 44.6. The second kappa shape index (κ2) is 56.4. The van der Waals surface area contributed by atoms with Crippen LogP contribution in [0.25, 0.3) is 0 Å². The molecule has 0 saturated carbocycles. The molecule has 0 bridgehead atoms. The van der Waals surface area contributed by atoms with Crippen LogP contribution in [0.3, 0.4) is 0 Å². The number of ether oxygens (including phenoxy) is 1. The highest BCUT2D eigenvalue weighted by Crippen LogP contribution is 2.17. The normalized spacial score (nSPS) is 13.0. The van der Waals surface area contributed by atoms with Gasteiger partial charge < -0.3 is 20.3 Å². The molecule has 0 heterocycles. The number of hydrogen-bond acceptors (Lipinski definition) is 5. The van der Waals surface area contributed by atoms with Crippen molar-refractivity contribution in [2.24, 2.45) is 0 Å². The minimum absolute atomic E-state index is 0.0474. The molecule has 392 valence electrons. The van der Waals surface area contributed by atoms with Crippen LogP contribution >= 0.6 is 0 Å². The molecule has 0 saturated heterocycles. The minimum Gasteiger partial charge on any atom is -0.465 e. The van der Waals surface area contributed by atoms with Crippen LogP contribution in [-0.2, 0) is 14.3 Å². The van der Waals surface area contributed by atoms with Gasteiger partial charge in [-0.2, -0.15) is 0 Å². The van der Waals surface area contributed by atoms with Gasteiger partial charge in [0.05, 0.1) is 25.4 Å². The van der Waals surface area contributed by atoms with Crippen LogP contribution in [0.4, 0.5) is 0 Å². The third-order valence-corrected chi connectivity index (χ3v) is 13.3. The summed E-state index contributed by atoms with van der Waals surface area (Å²) >= 11 is 0. The highest BCUT2D eigenvalue weighted by molar-refractivity contribution is 5.76. The Bertz CT molecular complexity index is 1130. The highest BCUT2D eigenvalue weighted by Gasteiger charge is 2.18. The summed E-state index contributed by atoms with van der Waals surface area (Å²) in [5.74, 6) is -0.119. The van der Waals surface area contributed by atoms with E-state index in [0.717, 1.165) is 51.4 Å². The molecule has 0 aliphatic rings. The molecule has 2 atom stereocenters. The molecule has 0 radical (unpaired) electrons. The van der Waals surface area contributed by atoms with Crippen LogP contribution in [0.2, 0.25) is 0 Å². The molecule has 1 amide bonds. The Hall–Kier alpha value is -2.18. The Kier molecular flexibility index (Phi) is 54.6. The van der Waals surface area contributed by atoms with Crippen LogP contribution in [0.15, 0.2) is 48.6 Å². The number of unbranched alkanes of at least 4 members (excludes halogenated alkanes) is 37. The molecule has 6 heteroatoms. The summed E-state index contributed by atoms with van der Waals surface area (Å²) in [7, 11) is 0. The first-order valence-electron chi connectivity index (χ1n) is 29.4. The lowest BCUT2D eigenvalue weighted by Crippen LogP contribution is -2.45. The monoisotopic (exact) mass is 940 g/mol. The number of aliphatic hydroxyl groups is 2. The predicted octanol–water partition coefficient (Wildman–Crippen LogP) is 18.2. The van der Waals surface area contributed by atoms with Gasteiger partial charge >= 0.3 is 5.97 Å². The number of rotatable bonds is 54. The number of esters is 1. The maximum Gasteiger partial charge on any atom is 0.305 e. The third kappa shape index (κ3) is 53.0. The van der Waals surface area contributed by atoms with E-state index in [1.165, 1.54) is 225 Å². The van der Waals surface area contributed by atoms with Crippen molar-refractivity contribution in [1.82, 2.24) is 5.32 Å². The highest BCUT2D eigenvalue weighted by atomic mass is 16.5. The van der Waals surface area contributed by atoms with Crippen molar-refractivity contribution in [2.75, 3.05) is 13.2 Å². The van der Waals surface area contributed by atoms with E-state index >= 15 is 0 Å². The molecule has 0 aromatic carbocycles. The summed E-state index contributed by atoms with van der Waals surface area (Å²) in [6, 6.07) is -0.633. The topological polar surface area (TPSA) is 95.9 Å². The Morgan fingerprint density at radius 1 is 0.418 bits per heavy atom. The van der Waals surface area contributed by atoms with E-state index in [9.17, 15) is 19.8 Å². The molecule has 6 nitrogen and oxygen atoms in total. The summed E-state index contributed by atoms with van der Waals surface area (Å²) in [6.07, 6.45) is 71.5. The van der Waals surface area contributed by atoms with E-state index in [0.29, 0.717) is 19.4 Å². The van der Waals surface area contributed by atoms with Gasteiger partial charge in [0.1, 0.15) is 0 Å². The first-order valence-corrected chi connectivity index (χ1v) is 29.4. The molecule has 67 heavy (non-hydrogen) atoms. The van der Waals surface area contributed by atoms with Crippen molar-refractivity contribution in [3.63, 3.8) is 0 Å². The lowest BCUT2D eigenvalue weighted by atomic mass is 10.0. The summed E-state index contributed by atoms with van der Waals surface area (Å²) in [5.41, 5.74) is 0. The van der Waals surface area contributed by atoms with E-state index in [2.05, 4.69) is 55.6 Å². The molecular formula is C61H113NO5. The second-order valence-electron chi connectivity index (χ2n) is 20.0. The fourth-order valence-electron chi connectivity index (χ4n) is 8.81. The molecule has 0 aromatic heterocycles. The van der Waals surface area contributed by atoms with Crippen molar-refractivity contribution < 1.29 is 24.5 Å². The molecule has 0 spiro atoms. The van der Waals surface area contributed by atoms with Gasteiger partial charge in [-0.3, -0.25) is 9.59 Å². The number of amides is 1. The predicted molar refractivity (Wildman–Crippen MR) is 292 cm³/mol. The van der Waals surface area contributed by atoms with E-state index in [4.69, 9.17) is 4.74 Å². The van der Waals surface area contributed by atoms with Crippen molar-refractivity contribution >= 4 is 11.9 Å². The lowest BCUT2D eigenvalue weighted by molar-refractivity contribution is -0.143. The average molecular weight is 941 g/mol. The fraction of sp³-hybridized carbons (Fsp3) is 0.836. The maximum absolute atomic E-state index is 12.5. The van der Waals surface area contributed by atoms with Gasteiger partial charge in [0.2, 0.25) is 5.91 Å². The first kappa shape index (κ1) is 64.8. The van der Waals surface area contributed by atoms with Gasteiger partial charge in [-0.25, -0.2) is 0 Å². The zero-order valence-electron chi connectivity index (χ0n) is 44.6. The van der Waals surface area contributed by atoms with Crippen LogP contribution in [0.5, 0.6) is 0 Å². The summed E-state index contributed by atoms with van der Waals surface area (Å²) in [5, 5.41) is 23.2. The minimum atomic E-state index is -0.849. The van der Waals surface area contributed by atoms with E-state index < -0.39 is 12.1 Å². The SMILES string of the molecule is CCCC/C=C\CCCCCCCC(=O)OCC/C=C\C/C=C\CCCCCCCCCCCCCCCCC(=O)NC(CO)C(O)/C=C/CCCCCCCCCCCCCCCCCC. The number of hydrogen-bond donors (Lipinski definition) is 3. The Morgan fingerprint density at radius 3 is 1.19 bits per heavy atom. The molecular weight excluding hydrogens is 827 g/mol. The molecule has 3 N–H and O–H groups in total. The first-order chi connectivity index (χ1) is 33.0. The summed E-state index contributed by atoms with van der Waals surface area (Å²) < 4.78 is 5.39. The standard InChI is InChI=1S/C61H113NO5/c1-3-5-7-9-11-13-15-16-17-18-24-27-30-34-37-41-45-49-53-59(64)58(57-63)62-60(65)54-50-46-42-38-35-31-28-25-22-20-19-21-23-26-29-32-36-40-44-48-52-56-67-61(66)55-51-47-43-39-33-14-12-10-8-6-4-2/h10,12,32,36,44,48-49,53,58-59,63-64H,3-9,11,13-31,33-35,37-43,45-47,50-52,54-57H2,1-2H3,(H,62,65)/b12-10-,36-32-,48-44-,53-49+. The number of nitrogens with one attached hydrogen (secondary N) is 1. The second-order valence-corrected chi connectivity index (χ2v) is 20.0. The van der Waals surface area contributed by atoms with Crippen LogP contribution in [0.1, 0.15) is 303 Å². The smallest absolute Gasteiger partial charge is 0.305 e. The average Bonchev–Trinajstić information content (AvgIpc) is 3.33. The Morgan fingerprint density at radius 2 is 0.761 bits per heavy atom. The molecule has 0 aliphatic carbocycles. The maximum atomic E-state index is 12.5. The van der Waals surface area contributed by atoms with Gasteiger partial charge in [-0.15, -0.1) is 0 Å². The van der Waals surface area contributed by atoms with E-state index in [-0.39, 0.29) is 18.5 Å². The fourth-order valence-corrected chi connectivity index (χ4v) is 8.81. The van der Waals surface area contributed by atoms with Gasteiger partial charge in [0.15, 0.2) is 0 Å². The van der Waals surface area contributed by atoms with Gasteiger partial charge in [0, 0.05) is 12.8 Å². The molecule has 2 unspecified atom stereocenters. The number of carbonyl (C=O) groups is 2. The van der Waals surface area contributed by atoms with E-state index in [1.807, 2.05) is 6.08 Å². The summed E-state index contributed by atoms with van der Waals surface area (Å²) in [6.45, 7) is 4.76. The number of carbonyl (C=O) groups excluding carboxylic acids is 2. The van der Waals surface area contributed by atoms with E-state index in [1.54, 1.807) is 6.08 Å². The molecule has 0 aromatic rings. The Balaban J connectivity index is 3.50. The molecule has 0 fully saturated rings. The van der Waals surface area contributed by atoms with Crippen LogP contribution in [0, 0.1) is 0 Å². The third-order valence-electron chi connectivity index (χ3n) is 13.3. The van der Waals surface area contributed by atoms with Crippen molar-refractivity contribution in [1.29, 1.82) is 0 Å². The summed E-state index contributed by atoms with van der Waals surface area (Å²) in [4.78, 5) is 24.4. The zero-order chi connectivity index (χ0) is 48.6. The van der Waals surface area contributed by atoms with Crippen molar-refractivity contribution in [3.8, 4) is 0 Å². The lowest BCUT2D eigenvalue weighted by Gasteiger charge is -2.20. The quantitative estimate of drug-likeness (QED) is 0.0321. The van der Waals surface area contributed by atoms with Crippen LogP contribution in [-0.4, -0.2) is 47.4 Å². The van der Waals surface area contributed by atoms with Gasteiger partial charge in [-0.05, 0) is 70.6 Å². The molecule has 0 aliphatic heterocycles. The van der Waals surface area contributed by atoms with Gasteiger partial charge in [-0.1, -0.05) is 268 Å². The molecule has 0 rings (SSSR count). The Labute approximate surface area is 416 Å². The van der Waals surface area contributed by atoms with Crippen LogP contribution < -0.4 is 5.32 Å².